The van der Waals surface area contributed by atoms with Crippen LogP contribution < -0.4 is 4.74 Å². The number of benzene rings is 2. The van der Waals surface area contributed by atoms with Crippen molar-refractivity contribution < 1.29 is 9.84 Å². The molecule has 0 aliphatic carbocycles. The van der Waals surface area contributed by atoms with E-state index in [9.17, 15) is 5.11 Å². The van der Waals surface area contributed by atoms with Crippen molar-refractivity contribution in [1.29, 1.82) is 0 Å². The summed E-state index contributed by atoms with van der Waals surface area (Å²) >= 11 is 0. The van der Waals surface area contributed by atoms with E-state index in [0.29, 0.717) is 12.2 Å². The molecule has 102 valence electrons. The van der Waals surface area contributed by atoms with Crippen molar-refractivity contribution in [3.05, 3.63) is 59.7 Å². The largest absolute Gasteiger partial charge is 0.507 e. The molecule has 1 N–H and O–H groups in total. The van der Waals surface area contributed by atoms with Gasteiger partial charge in [-0.25, -0.2) is 0 Å². The zero-order valence-electron chi connectivity index (χ0n) is 11.2. The smallest absolute Gasteiger partial charge is 0.128 e. The van der Waals surface area contributed by atoms with E-state index in [1.165, 1.54) is 6.21 Å². The first kappa shape index (κ1) is 13.8. The second kappa shape index (κ2) is 7.09. The Kier molecular flexibility index (Phi) is 4.89. The molecule has 0 radical (unpaired) electrons. The highest BCUT2D eigenvalue weighted by atomic mass is 16.5. The maximum Gasteiger partial charge on any atom is 0.128 e. The van der Waals surface area contributed by atoms with Crippen molar-refractivity contribution in [3.63, 3.8) is 0 Å². The Bertz CT molecular complexity index is 621. The number of ether oxygens (including phenoxy) is 1. The predicted octanol–water partition coefficient (Wildman–Crippen LogP) is 3.24. The third kappa shape index (κ3) is 3.68. The molecule has 2 aromatic carbocycles. The minimum atomic E-state index is 0.182. The lowest BCUT2D eigenvalue weighted by Crippen LogP contribution is -1.95. The minimum Gasteiger partial charge on any atom is -0.507 e. The van der Waals surface area contributed by atoms with Crippen LogP contribution in [0.25, 0.3) is 0 Å². The van der Waals surface area contributed by atoms with Crippen LogP contribution in [0.3, 0.4) is 0 Å². The van der Waals surface area contributed by atoms with Crippen molar-refractivity contribution >= 4 is 12.4 Å². The third-order valence-corrected chi connectivity index (χ3v) is 2.62. The first-order valence-electron chi connectivity index (χ1n) is 6.37. The van der Waals surface area contributed by atoms with Gasteiger partial charge < -0.3 is 9.84 Å². The summed E-state index contributed by atoms with van der Waals surface area (Å²) < 4.78 is 5.49. The van der Waals surface area contributed by atoms with E-state index in [1.54, 1.807) is 24.4 Å². The molecule has 2 aromatic rings. The summed E-state index contributed by atoms with van der Waals surface area (Å²) in [6, 6.07) is 14.6. The molecular formula is C16H16N2O2. The van der Waals surface area contributed by atoms with Crippen LogP contribution in [0.2, 0.25) is 0 Å². The van der Waals surface area contributed by atoms with Gasteiger partial charge in [0.25, 0.3) is 0 Å². The number of aromatic hydroxyl groups is 1. The van der Waals surface area contributed by atoms with Gasteiger partial charge in [0, 0.05) is 11.1 Å². The van der Waals surface area contributed by atoms with Gasteiger partial charge in [0.15, 0.2) is 0 Å². The molecule has 0 aromatic heterocycles. The normalized spacial score (nSPS) is 11.2. The van der Waals surface area contributed by atoms with Gasteiger partial charge in [-0.1, -0.05) is 24.3 Å². The van der Waals surface area contributed by atoms with Crippen molar-refractivity contribution in [2.24, 2.45) is 10.2 Å². The summed E-state index contributed by atoms with van der Waals surface area (Å²) in [5, 5.41) is 17.5. The fraction of sp³-hybridized carbons (Fsp3) is 0.125. The fourth-order valence-corrected chi connectivity index (χ4v) is 1.66. The van der Waals surface area contributed by atoms with Crippen LogP contribution >= 0.6 is 0 Å². The number of rotatable bonds is 5. The average Bonchev–Trinajstić information content (AvgIpc) is 2.47. The number of para-hydroxylation sites is 2. The Morgan fingerprint density at radius 3 is 2.25 bits per heavy atom. The van der Waals surface area contributed by atoms with Crippen molar-refractivity contribution in [1.82, 2.24) is 0 Å². The second-order valence-corrected chi connectivity index (χ2v) is 4.02. The van der Waals surface area contributed by atoms with E-state index >= 15 is 0 Å². The van der Waals surface area contributed by atoms with E-state index in [-0.39, 0.29) is 5.75 Å². The van der Waals surface area contributed by atoms with Crippen LogP contribution in [0.5, 0.6) is 11.5 Å². The number of phenols is 1. The Hall–Kier alpha value is -2.62. The van der Waals surface area contributed by atoms with Gasteiger partial charge in [-0.3, -0.25) is 0 Å². The number of hydrogen-bond acceptors (Lipinski definition) is 4. The monoisotopic (exact) mass is 268 g/mol. The van der Waals surface area contributed by atoms with Gasteiger partial charge >= 0.3 is 0 Å². The highest BCUT2D eigenvalue weighted by molar-refractivity contribution is 5.86. The van der Waals surface area contributed by atoms with Crippen LogP contribution in [0, 0.1) is 0 Å². The standard InChI is InChI=1S/C16H16N2O2/c1-2-20-16-10-6-4-8-14(16)12-18-17-11-13-7-3-5-9-15(13)19/h3-12,19H,2H2,1H3/b17-11+,18-12+. The first-order valence-corrected chi connectivity index (χ1v) is 6.37. The summed E-state index contributed by atoms with van der Waals surface area (Å²) in [5.41, 5.74) is 1.49. The summed E-state index contributed by atoms with van der Waals surface area (Å²) in [7, 11) is 0. The van der Waals surface area contributed by atoms with Crippen LogP contribution in [0.15, 0.2) is 58.7 Å². The molecule has 0 fully saturated rings. The van der Waals surface area contributed by atoms with E-state index in [1.807, 2.05) is 37.3 Å². The Morgan fingerprint density at radius 2 is 1.55 bits per heavy atom. The van der Waals surface area contributed by atoms with E-state index in [2.05, 4.69) is 10.2 Å². The van der Waals surface area contributed by atoms with Crippen molar-refractivity contribution in [3.8, 4) is 11.5 Å². The van der Waals surface area contributed by atoms with Crippen LogP contribution in [-0.4, -0.2) is 24.1 Å². The Balaban J connectivity index is 2.09. The molecule has 0 amide bonds. The summed E-state index contributed by atoms with van der Waals surface area (Å²) in [5.74, 6) is 0.956. The van der Waals surface area contributed by atoms with Gasteiger partial charge in [-0.2, -0.15) is 10.2 Å². The zero-order valence-corrected chi connectivity index (χ0v) is 11.2. The van der Waals surface area contributed by atoms with Crippen molar-refractivity contribution in [2.45, 2.75) is 6.92 Å². The van der Waals surface area contributed by atoms with Crippen LogP contribution in [0.4, 0.5) is 0 Å². The number of hydrogen-bond donors (Lipinski definition) is 1. The minimum absolute atomic E-state index is 0.182. The Labute approximate surface area is 118 Å². The van der Waals surface area contributed by atoms with Gasteiger partial charge in [-0.15, -0.1) is 0 Å². The molecule has 0 atom stereocenters. The molecule has 4 heteroatoms. The summed E-state index contributed by atoms with van der Waals surface area (Å²) in [4.78, 5) is 0. The quantitative estimate of drug-likeness (QED) is 0.668. The number of nitrogens with zero attached hydrogens (tertiary/aromatic N) is 2. The molecule has 0 saturated heterocycles. The molecule has 0 aliphatic rings. The zero-order chi connectivity index (χ0) is 14.2. The predicted molar refractivity (Wildman–Crippen MR) is 80.9 cm³/mol. The lowest BCUT2D eigenvalue weighted by Gasteiger charge is -2.04. The molecule has 4 nitrogen and oxygen atoms in total. The fourth-order valence-electron chi connectivity index (χ4n) is 1.66. The molecule has 0 bridgehead atoms. The van der Waals surface area contributed by atoms with Crippen molar-refractivity contribution in [2.75, 3.05) is 6.61 Å². The molecule has 2 rings (SSSR count). The Morgan fingerprint density at radius 1 is 0.950 bits per heavy atom. The van der Waals surface area contributed by atoms with E-state index < -0.39 is 0 Å². The molecule has 20 heavy (non-hydrogen) atoms. The summed E-state index contributed by atoms with van der Waals surface area (Å²) in [6.07, 6.45) is 3.14. The van der Waals surface area contributed by atoms with E-state index in [4.69, 9.17) is 4.74 Å². The number of phenolic OH excluding ortho intramolecular Hbond substituents is 1. The molecule has 0 heterocycles. The first-order chi connectivity index (χ1) is 9.81. The maximum atomic E-state index is 9.58. The van der Waals surface area contributed by atoms with Gasteiger partial charge in [0.1, 0.15) is 11.5 Å². The average molecular weight is 268 g/mol. The van der Waals surface area contributed by atoms with Gasteiger partial charge in [0.2, 0.25) is 0 Å². The maximum absolute atomic E-state index is 9.58. The van der Waals surface area contributed by atoms with E-state index in [0.717, 1.165) is 11.3 Å². The second-order valence-electron chi connectivity index (χ2n) is 4.02. The summed E-state index contributed by atoms with van der Waals surface area (Å²) in [6.45, 7) is 2.54. The SMILES string of the molecule is CCOc1ccccc1/C=N/N=C/c1ccccc1O. The topological polar surface area (TPSA) is 54.2 Å². The van der Waals surface area contributed by atoms with Gasteiger partial charge in [0.05, 0.1) is 19.0 Å². The lowest BCUT2D eigenvalue weighted by atomic mass is 10.2. The molecular weight excluding hydrogens is 252 g/mol. The van der Waals surface area contributed by atoms with Crippen LogP contribution in [-0.2, 0) is 0 Å². The van der Waals surface area contributed by atoms with Crippen LogP contribution in [0.1, 0.15) is 18.1 Å². The lowest BCUT2D eigenvalue weighted by molar-refractivity contribution is 0.340. The highest BCUT2D eigenvalue weighted by Gasteiger charge is 1.98. The highest BCUT2D eigenvalue weighted by Crippen LogP contribution is 2.16. The molecule has 0 unspecified atom stereocenters. The van der Waals surface area contributed by atoms with Gasteiger partial charge in [-0.05, 0) is 31.2 Å². The molecule has 0 aliphatic heterocycles. The third-order valence-electron chi connectivity index (χ3n) is 2.62. The molecule has 0 spiro atoms. The molecule has 0 saturated carbocycles.